The Bertz CT molecular complexity index is 465. The molecular formula is C17H27N3O. The largest absolute Gasteiger partial charge is 0.489 e. The molecule has 1 unspecified atom stereocenters. The summed E-state index contributed by atoms with van der Waals surface area (Å²) in [5, 5.41) is 0. The maximum absolute atomic E-state index is 6.10. The van der Waals surface area contributed by atoms with Crippen LogP contribution in [-0.2, 0) is 0 Å². The summed E-state index contributed by atoms with van der Waals surface area (Å²) in [6.45, 7) is 6.75. The van der Waals surface area contributed by atoms with Crippen molar-refractivity contribution in [1.29, 1.82) is 0 Å². The number of hydrogen-bond donors (Lipinski definition) is 1. The monoisotopic (exact) mass is 289 g/mol. The summed E-state index contributed by atoms with van der Waals surface area (Å²) in [5.74, 6) is 1.56. The average Bonchev–Trinajstić information content (AvgIpc) is 2.74. The molecule has 1 aliphatic heterocycles. The van der Waals surface area contributed by atoms with Gasteiger partial charge in [-0.3, -0.25) is 0 Å². The lowest BCUT2D eigenvalue weighted by Gasteiger charge is -2.22. The summed E-state index contributed by atoms with van der Waals surface area (Å²) in [6, 6.07) is 8.09. The Morgan fingerprint density at radius 2 is 2.00 bits per heavy atom. The third-order valence-electron chi connectivity index (χ3n) is 3.77. The van der Waals surface area contributed by atoms with Gasteiger partial charge in [-0.2, -0.15) is 0 Å². The van der Waals surface area contributed by atoms with Crippen LogP contribution < -0.4 is 10.5 Å². The van der Waals surface area contributed by atoms with E-state index in [-0.39, 0.29) is 6.10 Å². The lowest BCUT2D eigenvalue weighted by molar-refractivity contribution is 0.229. The highest BCUT2D eigenvalue weighted by Crippen LogP contribution is 2.14. The van der Waals surface area contributed by atoms with Crippen molar-refractivity contribution >= 4 is 5.96 Å². The number of benzene rings is 1. The molecule has 0 spiro atoms. The molecule has 0 radical (unpaired) electrons. The van der Waals surface area contributed by atoms with Gasteiger partial charge in [0.1, 0.15) is 11.9 Å². The summed E-state index contributed by atoms with van der Waals surface area (Å²) >= 11 is 0. The normalized spacial score (nSPS) is 18.2. The second-order valence-corrected chi connectivity index (χ2v) is 5.85. The van der Waals surface area contributed by atoms with Gasteiger partial charge in [-0.05, 0) is 44.4 Å². The second-order valence-electron chi connectivity index (χ2n) is 5.85. The van der Waals surface area contributed by atoms with Crippen LogP contribution in [0.15, 0.2) is 29.3 Å². The first-order chi connectivity index (χ1) is 10.1. The van der Waals surface area contributed by atoms with Crippen LogP contribution in [0.2, 0.25) is 0 Å². The highest BCUT2D eigenvalue weighted by molar-refractivity contribution is 5.78. The van der Waals surface area contributed by atoms with Gasteiger partial charge in [0.05, 0.1) is 6.54 Å². The fourth-order valence-electron chi connectivity index (χ4n) is 2.58. The Morgan fingerprint density at radius 3 is 2.67 bits per heavy atom. The Morgan fingerprint density at radius 1 is 1.29 bits per heavy atom. The number of aryl methyl sites for hydroxylation is 1. The minimum atomic E-state index is 0.0253. The van der Waals surface area contributed by atoms with E-state index in [0.717, 1.165) is 18.8 Å². The van der Waals surface area contributed by atoms with Gasteiger partial charge < -0.3 is 15.4 Å². The van der Waals surface area contributed by atoms with Crippen LogP contribution in [0.25, 0.3) is 0 Å². The Balaban J connectivity index is 1.84. The maximum Gasteiger partial charge on any atom is 0.191 e. The second kappa shape index (κ2) is 7.91. The molecule has 1 aromatic carbocycles. The van der Waals surface area contributed by atoms with Gasteiger partial charge in [0.15, 0.2) is 5.96 Å². The van der Waals surface area contributed by atoms with Crippen molar-refractivity contribution in [1.82, 2.24) is 4.90 Å². The number of hydrogen-bond acceptors (Lipinski definition) is 2. The molecule has 4 nitrogen and oxygen atoms in total. The van der Waals surface area contributed by atoms with Gasteiger partial charge in [-0.1, -0.05) is 25.0 Å². The molecule has 0 saturated carbocycles. The van der Waals surface area contributed by atoms with E-state index in [4.69, 9.17) is 10.5 Å². The van der Waals surface area contributed by atoms with E-state index in [9.17, 15) is 0 Å². The number of nitrogens with zero attached hydrogens (tertiary/aromatic N) is 2. The molecule has 2 rings (SSSR count). The number of nitrogens with two attached hydrogens (primary N) is 1. The molecule has 4 heteroatoms. The Labute approximate surface area is 128 Å². The predicted molar refractivity (Wildman–Crippen MR) is 87.8 cm³/mol. The molecule has 116 valence electrons. The molecule has 0 amide bonds. The number of ether oxygens (including phenoxy) is 1. The summed E-state index contributed by atoms with van der Waals surface area (Å²) in [5.41, 5.74) is 7.31. The van der Waals surface area contributed by atoms with Gasteiger partial charge in [0.2, 0.25) is 0 Å². The van der Waals surface area contributed by atoms with E-state index in [1.165, 1.54) is 31.2 Å². The third-order valence-corrected chi connectivity index (χ3v) is 3.77. The Hall–Kier alpha value is -1.71. The van der Waals surface area contributed by atoms with Gasteiger partial charge in [0, 0.05) is 13.1 Å². The first-order valence-electron chi connectivity index (χ1n) is 7.93. The van der Waals surface area contributed by atoms with Crippen molar-refractivity contribution < 1.29 is 4.74 Å². The topological polar surface area (TPSA) is 50.9 Å². The minimum Gasteiger partial charge on any atom is -0.489 e. The molecule has 0 bridgehead atoms. The zero-order chi connectivity index (χ0) is 15.1. The quantitative estimate of drug-likeness (QED) is 0.685. The highest BCUT2D eigenvalue weighted by Gasteiger charge is 2.11. The average molecular weight is 289 g/mol. The van der Waals surface area contributed by atoms with Crippen molar-refractivity contribution in [3.63, 3.8) is 0 Å². The SMILES string of the molecule is Cc1cccc(OC(C)CN=C(N)N2CCCCCC2)c1. The molecule has 0 aliphatic carbocycles. The van der Waals surface area contributed by atoms with Crippen LogP contribution >= 0.6 is 0 Å². The molecule has 1 saturated heterocycles. The molecular weight excluding hydrogens is 262 g/mol. The molecule has 1 fully saturated rings. The van der Waals surface area contributed by atoms with Crippen LogP contribution in [0.1, 0.15) is 38.2 Å². The van der Waals surface area contributed by atoms with Gasteiger partial charge in [-0.15, -0.1) is 0 Å². The van der Waals surface area contributed by atoms with Crippen LogP contribution in [-0.4, -0.2) is 36.6 Å². The van der Waals surface area contributed by atoms with E-state index in [2.05, 4.69) is 22.9 Å². The van der Waals surface area contributed by atoms with E-state index >= 15 is 0 Å². The van der Waals surface area contributed by atoms with Gasteiger partial charge in [0.25, 0.3) is 0 Å². The van der Waals surface area contributed by atoms with Crippen molar-refractivity contribution in [3.8, 4) is 5.75 Å². The summed E-state index contributed by atoms with van der Waals surface area (Å²) in [4.78, 5) is 6.70. The minimum absolute atomic E-state index is 0.0253. The maximum atomic E-state index is 6.10. The number of aliphatic imine (C=N–C) groups is 1. The number of rotatable bonds is 4. The molecule has 0 aromatic heterocycles. The van der Waals surface area contributed by atoms with Crippen LogP contribution in [0.5, 0.6) is 5.75 Å². The summed E-state index contributed by atoms with van der Waals surface area (Å²) in [7, 11) is 0. The van der Waals surface area contributed by atoms with E-state index in [1.54, 1.807) is 0 Å². The summed E-state index contributed by atoms with van der Waals surface area (Å²) in [6.07, 6.45) is 5.06. The van der Waals surface area contributed by atoms with E-state index in [1.807, 2.05) is 25.1 Å². The van der Waals surface area contributed by atoms with Crippen LogP contribution in [0, 0.1) is 6.92 Å². The standard InChI is InChI=1S/C17H27N3O/c1-14-8-7-9-16(12-14)21-15(2)13-19-17(18)20-10-5-3-4-6-11-20/h7-9,12,15H,3-6,10-11,13H2,1-2H3,(H2,18,19). The smallest absolute Gasteiger partial charge is 0.191 e. The molecule has 1 heterocycles. The Kier molecular flexibility index (Phi) is 5.90. The summed E-state index contributed by atoms with van der Waals surface area (Å²) < 4.78 is 5.88. The molecule has 1 aromatic rings. The van der Waals surface area contributed by atoms with Crippen LogP contribution in [0.3, 0.4) is 0 Å². The van der Waals surface area contributed by atoms with Gasteiger partial charge >= 0.3 is 0 Å². The van der Waals surface area contributed by atoms with Gasteiger partial charge in [-0.25, -0.2) is 4.99 Å². The molecule has 1 aliphatic rings. The first-order valence-corrected chi connectivity index (χ1v) is 7.93. The fourth-order valence-corrected chi connectivity index (χ4v) is 2.58. The van der Waals surface area contributed by atoms with E-state index in [0.29, 0.717) is 12.5 Å². The van der Waals surface area contributed by atoms with Crippen molar-refractivity contribution in [3.05, 3.63) is 29.8 Å². The first kappa shape index (κ1) is 15.7. The zero-order valence-electron chi connectivity index (χ0n) is 13.2. The molecule has 1 atom stereocenters. The lowest BCUT2D eigenvalue weighted by Crippen LogP contribution is -2.38. The van der Waals surface area contributed by atoms with Crippen molar-refractivity contribution in [2.45, 2.75) is 45.6 Å². The fraction of sp³-hybridized carbons (Fsp3) is 0.588. The molecule has 21 heavy (non-hydrogen) atoms. The number of guanidine groups is 1. The lowest BCUT2D eigenvalue weighted by atomic mass is 10.2. The van der Waals surface area contributed by atoms with Crippen molar-refractivity contribution in [2.75, 3.05) is 19.6 Å². The number of likely N-dealkylation sites (tertiary alicyclic amines) is 1. The van der Waals surface area contributed by atoms with Crippen LogP contribution in [0.4, 0.5) is 0 Å². The predicted octanol–water partition coefficient (Wildman–Crippen LogP) is 2.95. The zero-order valence-corrected chi connectivity index (χ0v) is 13.2. The third kappa shape index (κ3) is 5.29. The molecule has 2 N–H and O–H groups in total. The highest BCUT2D eigenvalue weighted by atomic mass is 16.5. The van der Waals surface area contributed by atoms with E-state index < -0.39 is 0 Å². The van der Waals surface area contributed by atoms with Crippen molar-refractivity contribution in [2.24, 2.45) is 10.7 Å².